The van der Waals surface area contributed by atoms with E-state index in [-0.39, 0.29) is 12.7 Å². The molecular weight excluding hydrogens is 287 g/mol. The quantitative estimate of drug-likeness (QED) is 0.825. The number of halogens is 1. The molecule has 2 heterocycles. The van der Waals surface area contributed by atoms with Crippen molar-refractivity contribution in [2.45, 2.75) is 56.4 Å². The highest BCUT2D eigenvalue weighted by Crippen LogP contribution is 2.48. The van der Waals surface area contributed by atoms with Gasteiger partial charge >= 0.3 is 0 Å². The number of hydrogen-bond acceptors (Lipinski definition) is 2. The molecule has 1 N–H and O–H groups in total. The van der Waals surface area contributed by atoms with E-state index in [1.54, 1.807) is 12.1 Å². The number of hydrogen-bond donors (Lipinski definition) is 1. The third kappa shape index (κ3) is 2.23. The number of anilines is 1. The van der Waals surface area contributed by atoms with Crippen LogP contribution in [0.15, 0.2) is 18.2 Å². The van der Waals surface area contributed by atoms with Gasteiger partial charge in [-0.1, -0.05) is 6.42 Å². The number of rotatable bonds is 1. The van der Waals surface area contributed by atoms with E-state index in [2.05, 4.69) is 10.2 Å². The van der Waals surface area contributed by atoms with Crippen LogP contribution in [-0.2, 0) is 5.41 Å². The molecule has 1 saturated heterocycles. The maximum Gasteiger partial charge on any atom is 0.123 e. The minimum atomic E-state index is -0.0847. The van der Waals surface area contributed by atoms with Crippen LogP contribution in [0.4, 0.5) is 10.1 Å². The lowest BCUT2D eigenvalue weighted by atomic mass is 9.73. The van der Waals surface area contributed by atoms with Gasteiger partial charge in [-0.15, -0.1) is 0 Å². The maximum absolute atomic E-state index is 13.7. The van der Waals surface area contributed by atoms with Crippen molar-refractivity contribution in [2.24, 2.45) is 11.8 Å². The van der Waals surface area contributed by atoms with E-state index in [0.717, 1.165) is 30.1 Å². The van der Waals surface area contributed by atoms with Crippen LogP contribution in [0.25, 0.3) is 0 Å². The molecule has 3 fully saturated rings. The molecule has 0 radical (unpaired) electrons. The highest BCUT2D eigenvalue weighted by molar-refractivity contribution is 5.60. The second-order valence-electron chi connectivity index (χ2n) is 8.44. The molecular formula is C20H29FN2. The Morgan fingerprint density at radius 1 is 1.13 bits per heavy atom. The van der Waals surface area contributed by atoms with Crippen molar-refractivity contribution in [3.8, 4) is 0 Å². The molecule has 2 aliphatic heterocycles. The fourth-order valence-electron chi connectivity index (χ4n) is 6.05. The first-order chi connectivity index (χ1) is 11.2. The first kappa shape index (κ1) is 14.3. The second kappa shape index (κ2) is 5.20. The third-order valence-electron chi connectivity index (χ3n) is 7.39. The zero-order chi connectivity index (χ0) is 15.4. The zero-order valence-electron chi connectivity index (χ0n) is 13.9. The summed E-state index contributed by atoms with van der Waals surface area (Å²) in [6.45, 7) is 3.39. The van der Waals surface area contributed by atoms with Gasteiger partial charge in [-0.2, -0.15) is 0 Å². The molecule has 2 saturated carbocycles. The summed E-state index contributed by atoms with van der Waals surface area (Å²) in [5, 5.41) is 3.52. The Kier molecular flexibility index (Phi) is 3.23. The minimum Gasteiger partial charge on any atom is -0.384 e. The molecule has 0 aromatic heterocycles. The Bertz CT molecular complexity index is 612. The fourth-order valence-corrected chi connectivity index (χ4v) is 6.05. The number of likely N-dealkylation sites (tertiary alicyclic amines) is 1. The van der Waals surface area contributed by atoms with E-state index < -0.39 is 0 Å². The van der Waals surface area contributed by atoms with E-state index in [1.165, 1.54) is 63.6 Å². The summed E-state index contributed by atoms with van der Waals surface area (Å²) in [6, 6.07) is 6.13. The molecule has 3 heteroatoms. The van der Waals surface area contributed by atoms with E-state index >= 15 is 0 Å². The lowest BCUT2D eigenvalue weighted by molar-refractivity contribution is 0.0667. The van der Waals surface area contributed by atoms with Crippen LogP contribution >= 0.6 is 0 Å². The standard InChI is InChI=1S/C20H27FN2.H2/c21-16-4-5-18-17(12-16)20(13-22-18)7-9-23(10-8-20)19-6-2-14-1-3-15(19)11-14;/h4-5,12,14-15,19,22H,1-3,6-11,13H2;1H. The summed E-state index contributed by atoms with van der Waals surface area (Å²) >= 11 is 0. The maximum atomic E-state index is 13.7. The Morgan fingerprint density at radius 3 is 2.83 bits per heavy atom. The van der Waals surface area contributed by atoms with Gasteiger partial charge in [0.05, 0.1) is 0 Å². The van der Waals surface area contributed by atoms with Crippen LogP contribution in [0.2, 0.25) is 0 Å². The summed E-state index contributed by atoms with van der Waals surface area (Å²) in [4.78, 5) is 2.79. The van der Waals surface area contributed by atoms with Crippen LogP contribution in [0, 0.1) is 17.7 Å². The van der Waals surface area contributed by atoms with Crippen molar-refractivity contribution in [3.63, 3.8) is 0 Å². The van der Waals surface area contributed by atoms with Crippen molar-refractivity contribution >= 4 is 5.69 Å². The molecule has 1 spiro atoms. The SMILES string of the molecule is Fc1ccc2c(c1)C1(CCN(C3CCC4CCC3C4)CC1)CN2.[HH]. The highest BCUT2D eigenvalue weighted by Gasteiger charge is 2.45. The average molecular weight is 316 g/mol. The van der Waals surface area contributed by atoms with Gasteiger partial charge in [0.1, 0.15) is 5.82 Å². The molecule has 1 aromatic carbocycles. The number of fused-ring (bicyclic) bond motifs is 4. The normalized spacial score (nSPS) is 35.3. The van der Waals surface area contributed by atoms with Crippen molar-refractivity contribution in [1.29, 1.82) is 0 Å². The molecule has 5 rings (SSSR count). The fraction of sp³-hybridized carbons (Fsp3) is 0.700. The number of benzene rings is 1. The van der Waals surface area contributed by atoms with Gasteiger partial charge in [-0.3, -0.25) is 0 Å². The van der Waals surface area contributed by atoms with Gasteiger partial charge in [0.25, 0.3) is 0 Å². The summed E-state index contributed by atoms with van der Waals surface area (Å²) in [7, 11) is 0. The van der Waals surface area contributed by atoms with E-state index in [1.807, 2.05) is 6.07 Å². The predicted octanol–water partition coefficient (Wildman–Crippen LogP) is 4.41. The smallest absolute Gasteiger partial charge is 0.123 e. The molecule has 3 atom stereocenters. The number of nitrogens with one attached hydrogen (secondary N) is 1. The Labute approximate surface area is 139 Å². The zero-order valence-corrected chi connectivity index (χ0v) is 13.9. The minimum absolute atomic E-state index is 0. The molecule has 2 nitrogen and oxygen atoms in total. The van der Waals surface area contributed by atoms with E-state index in [4.69, 9.17) is 0 Å². The van der Waals surface area contributed by atoms with Crippen LogP contribution in [-0.4, -0.2) is 30.6 Å². The molecule has 0 amide bonds. The summed E-state index contributed by atoms with van der Waals surface area (Å²) in [6.07, 6.45) is 9.68. The Morgan fingerprint density at radius 2 is 1.96 bits per heavy atom. The summed E-state index contributed by atoms with van der Waals surface area (Å²) < 4.78 is 13.7. The molecule has 3 unspecified atom stereocenters. The average Bonchev–Trinajstić information content (AvgIpc) is 3.11. The Balaban J connectivity index is 0.00000146. The summed E-state index contributed by atoms with van der Waals surface area (Å²) in [5.41, 5.74) is 2.58. The van der Waals surface area contributed by atoms with Gasteiger partial charge in [-0.05, 0) is 87.2 Å². The largest absolute Gasteiger partial charge is 0.384 e. The van der Waals surface area contributed by atoms with E-state index in [9.17, 15) is 4.39 Å². The molecule has 2 aliphatic carbocycles. The molecule has 4 aliphatic rings. The highest BCUT2D eigenvalue weighted by atomic mass is 19.1. The second-order valence-corrected chi connectivity index (χ2v) is 8.44. The number of nitrogens with zero attached hydrogens (tertiary/aromatic N) is 1. The van der Waals surface area contributed by atoms with E-state index in [0.29, 0.717) is 0 Å². The summed E-state index contributed by atoms with van der Waals surface area (Å²) in [5.74, 6) is 1.93. The van der Waals surface area contributed by atoms with Gasteiger partial charge in [0.2, 0.25) is 0 Å². The van der Waals surface area contributed by atoms with Crippen LogP contribution in [0.5, 0.6) is 0 Å². The monoisotopic (exact) mass is 316 g/mol. The lowest BCUT2D eigenvalue weighted by Gasteiger charge is -2.45. The molecule has 23 heavy (non-hydrogen) atoms. The van der Waals surface area contributed by atoms with Gasteiger partial charge in [0, 0.05) is 25.1 Å². The van der Waals surface area contributed by atoms with Gasteiger partial charge in [0.15, 0.2) is 0 Å². The van der Waals surface area contributed by atoms with Crippen molar-refractivity contribution in [1.82, 2.24) is 4.90 Å². The first-order valence-corrected chi connectivity index (χ1v) is 9.51. The number of piperidine rings is 1. The van der Waals surface area contributed by atoms with Crippen molar-refractivity contribution < 1.29 is 5.82 Å². The topological polar surface area (TPSA) is 15.3 Å². The van der Waals surface area contributed by atoms with Crippen molar-refractivity contribution in [2.75, 3.05) is 25.0 Å². The van der Waals surface area contributed by atoms with Gasteiger partial charge < -0.3 is 10.2 Å². The van der Waals surface area contributed by atoms with Crippen LogP contribution < -0.4 is 5.32 Å². The van der Waals surface area contributed by atoms with Crippen molar-refractivity contribution in [3.05, 3.63) is 29.6 Å². The van der Waals surface area contributed by atoms with Crippen LogP contribution in [0.1, 0.15) is 51.9 Å². The molecule has 2 bridgehead atoms. The molecule has 1 aromatic rings. The predicted molar refractivity (Wildman–Crippen MR) is 93.3 cm³/mol. The Hall–Kier alpha value is -1.09. The van der Waals surface area contributed by atoms with Gasteiger partial charge in [-0.25, -0.2) is 4.39 Å². The van der Waals surface area contributed by atoms with Crippen LogP contribution in [0.3, 0.4) is 0 Å². The first-order valence-electron chi connectivity index (χ1n) is 9.51. The molecule has 126 valence electrons. The lowest BCUT2D eigenvalue weighted by Crippen LogP contribution is -2.50. The third-order valence-corrected chi connectivity index (χ3v) is 7.39.